The van der Waals surface area contributed by atoms with Gasteiger partial charge >= 0.3 is 0 Å². The van der Waals surface area contributed by atoms with Crippen LogP contribution in [0, 0.1) is 6.92 Å². The molecule has 0 radical (unpaired) electrons. The Balaban J connectivity index is 2.83. The molecule has 2 heteroatoms. The second kappa shape index (κ2) is 3.99. The molecule has 0 aliphatic carbocycles. The van der Waals surface area contributed by atoms with Gasteiger partial charge in [0, 0.05) is 24.4 Å². The molecule has 0 amide bonds. The summed E-state index contributed by atoms with van der Waals surface area (Å²) in [5.41, 5.74) is 2.56. The zero-order chi connectivity index (χ0) is 9.84. The molecule has 0 saturated heterocycles. The van der Waals surface area contributed by atoms with Crippen LogP contribution >= 0.6 is 0 Å². The van der Waals surface area contributed by atoms with Crippen LogP contribution in [0.1, 0.15) is 29.3 Å². The van der Waals surface area contributed by atoms with E-state index in [-0.39, 0.29) is 5.78 Å². The third-order valence-electron chi connectivity index (χ3n) is 1.66. The number of aryl methyl sites for hydroxylation is 1. The van der Waals surface area contributed by atoms with E-state index in [1.54, 1.807) is 12.4 Å². The fourth-order valence-electron chi connectivity index (χ4n) is 1.08. The Morgan fingerprint density at radius 1 is 1.54 bits per heavy atom. The average Bonchev–Trinajstić information content (AvgIpc) is 2.03. The summed E-state index contributed by atoms with van der Waals surface area (Å²) in [4.78, 5) is 15.5. The van der Waals surface area contributed by atoms with E-state index in [1.165, 1.54) is 0 Å². The van der Waals surface area contributed by atoms with E-state index in [1.807, 2.05) is 19.9 Å². The largest absolute Gasteiger partial charge is 0.294 e. The SMILES string of the molecule is C=C(C)CC(=O)c1cncc(C)c1. The first-order valence-corrected chi connectivity index (χ1v) is 4.19. The van der Waals surface area contributed by atoms with E-state index >= 15 is 0 Å². The molecule has 0 unspecified atom stereocenters. The number of carbonyl (C=O) groups excluding carboxylic acids is 1. The summed E-state index contributed by atoms with van der Waals surface area (Å²) in [5.74, 6) is 0.0868. The van der Waals surface area contributed by atoms with Crippen molar-refractivity contribution in [2.75, 3.05) is 0 Å². The maximum Gasteiger partial charge on any atom is 0.168 e. The Morgan fingerprint density at radius 3 is 2.77 bits per heavy atom. The molecule has 0 fully saturated rings. The van der Waals surface area contributed by atoms with Crippen LogP contribution in [0.2, 0.25) is 0 Å². The lowest BCUT2D eigenvalue weighted by Crippen LogP contribution is -2.00. The first-order chi connectivity index (χ1) is 6.09. The number of carbonyl (C=O) groups is 1. The normalized spacial score (nSPS) is 9.69. The van der Waals surface area contributed by atoms with Crippen molar-refractivity contribution in [3.63, 3.8) is 0 Å². The predicted octanol–water partition coefficient (Wildman–Crippen LogP) is 2.54. The molecule has 1 rings (SSSR count). The summed E-state index contributed by atoms with van der Waals surface area (Å²) in [6.07, 6.45) is 3.74. The quantitative estimate of drug-likeness (QED) is 0.522. The molecule has 1 aromatic rings. The van der Waals surface area contributed by atoms with Crippen LogP contribution < -0.4 is 0 Å². The molecule has 0 atom stereocenters. The van der Waals surface area contributed by atoms with E-state index < -0.39 is 0 Å². The number of aromatic nitrogens is 1. The van der Waals surface area contributed by atoms with Crippen molar-refractivity contribution in [2.45, 2.75) is 20.3 Å². The van der Waals surface area contributed by atoms with Crippen molar-refractivity contribution in [1.29, 1.82) is 0 Å². The predicted molar refractivity (Wildman–Crippen MR) is 52.7 cm³/mol. The molecule has 2 nitrogen and oxygen atoms in total. The monoisotopic (exact) mass is 175 g/mol. The van der Waals surface area contributed by atoms with Crippen molar-refractivity contribution in [3.05, 3.63) is 41.7 Å². The summed E-state index contributed by atoms with van der Waals surface area (Å²) < 4.78 is 0. The van der Waals surface area contributed by atoms with Gasteiger partial charge in [0.15, 0.2) is 5.78 Å². The third kappa shape index (κ3) is 2.82. The zero-order valence-electron chi connectivity index (χ0n) is 8.00. The Bertz CT molecular complexity index is 342. The highest BCUT2D eigenvalue weighted by molar-refractivity contribution is 5.97. The number of hydrogen-bond acceptors (Lipinski definition) is 2. The standard InChI is InChI=1S/C11H13NO/c1-8(2)4-11(13)10-5-9(3)6-12-7-10/h5-7H,1,4H2,2-3H3. The smallest absolute Gasteiger partial charge is 0.168 e. The van der Waals surface area contributed by atoms with Crippen molar-refractivity contribution < 1.29 is 4.79 Å². The highest BCUT2D eigenvalue weighted by Crippen LogP contribution is 2.07. The lowest BCUT2D eigenvalue weighted by Gasteiger charge is -2.00. The van der Waals surface area contributed by atoms with Gasteiger partial charge in [-0.25, -0.2) is 0 Å². The molecule has 0 aliphatic rings. The van der Waals surface area contributed by atoms with Gasteiger partial charge in [-0.1, -0.05) is 12.2 Å². The van der Waals surface area contributed by atoms with Gasteiger partial charge in [-0.05, 0) is 25.5 Å². The van der Waals surface area contributed by atoms with Gasteiger partial charge in [0.2, 0.25) is 0 Å². The molecule has 0 N–H and O–H groups in total. The average molecular weight is 175 g/mol. The van der Waals surface area contributed by atoms with Crippen LogP contribution in [-0.2, 0) is 0 Å². The number of nitrogens with zero attached hydrogens (tertiary/aromatic N) is 1. The van der Waals surface area contributed by atoms with E-state index in [9.17, 15) is 4.79 Å². The molecule has 0 bridgehead atoms. The maximum absolute atomic E-state index is 11.5. The van der Waals surface area contributed by atoms with Crippen LogP contribution in [-0.4, -0.2) is 10.8 Å². The first kappa shape index (κ1) is 9.65. The Hall–Kier alpha value is -1.44. The van der Waals surface area contributed by atoms with Gasteiger partial charge in [-0.15, -0.1) is 0 Å². The molecule has 0 aromatic carbocycles. The Labute approximate surface area is 78.3 Å². The van der Waals surface area contributed by atoms with Crippen LogP contribution in [0.3, 0.4) is 0 Å². The summed E-state index contributed by atoms with van der Waals surface area (Å²) in [7, 11) is 0. The second-order valence-electron chi connectivity index (χ2n) is 3.31. The summed E-state index contributed by atoms with van der Waals surface area (Å²) in [5, 5.41) is 0. The van der Waals surface area contributed by atoms with E-state index in [4.69, 9.17) is 0 Å². The number of pyridine rings is 1. The van der Waals surface area contributed by atoms with Crippen LogP contribution in [0.4, 0.5) is 0 Å². The maximum atomic E-state index is 11.5. The van der Waals surface area contributed by atoms with Crippen LogP contribution in [0.15, 0.2) is 30.6 Å². The number of rotatable bonds is 3. The topological polar surface area (TPSA) is 30.0 Å². The van der Waals surface area contributed by atoms with E-state index in [2.05, 4.69) is 11.6 Å². The highest BCUT2D eigenvalue weighted by Gasteiger charge is 2.05. The lowest BCUT2D eigenvalue weighted by molar-refractivity contribution is 0.0992. The first-order valence-electron chi connectivity index (χ1n) is 4.19. The number of hydrogen-bond donors (Lipinski definition) is 0. The fraction of sp³-hybridized carbons (Fsp3) is 0.273. The molecule has 1 heterocycles. The molecule has 0 spiro atoms. The van der Waals surface area contributed by atoms with E-state index in [0.29, 0.717) is 12.0 Å². The van der Waals surface area contributed by atoms with Crippen molar-refractivity contribution >= 4 is 5.78 Å². The summed E-state index contributed by atoms with van der Waals surface area (Å²) >= 11 is 0. The molecule has 0 saturated carbocycles. The van der Waals surface area contributed by atoms with Gasteiger partial charge < -0.3 is 0 Å². The molecular formula is C11H13NO. The number of ketones is 1. The summed E-state index contributed by atoms with van der Waals surface area (Å²) in [6.45, 7) is 7.47. The number of allylic oxidation sites excluding steroid dienone is 1. The highest BCUT2D eigenvalue weighted by atomic mass is 16.1. The minimum absolute atomic E-state index is 0.0868. The molecular weight excluding hydrogens is 162 g/mol. The van der Waals surface area contributed by atoms with Crippen LogP contribution in [0.25, 0.3) is 0 Å². The van der Waals surface area contributed by atoms with Gasteiger partial charge in [-0.3, -0.25) is 9.78 Å². The summed E-state index contributed by atoms with van der Waals surface area (Å²) in [6, 6.07) is 1.85. The van der Waals surface area contributed by atoms with Crippen molar-refractivity contribution in [2.24, 2.45) is 0 Å². The van der Waals surface area contributed by atoms with Gasteiger partial charge in [0.1, 0.15) is 0 Å². The molecule has 68 valence electrons. The Kier molecular flexibility index (Phi) is 2.96. The number of Topliss-reactive ketones (excluding diaryl/α,β-unsaturated/α-hetero) is 1. The van der Waals surface area contributed by atoms with Gasteiger partial charge in [0.05, 0.1) is 0 Å². The third-order valence-corrected chi connectivity index (χ3v) is 1.66. The van der Waals surface area contributed by atoms with E-state index in [0.717, 1.165) is 11.1 Å². The zero-order valence-corrected chi connectivity index (χ0v) is 8.00. The second-order valence-corrected chi connectivity index (χ2v) is 3.31. The van der Waals surface area contributed by atoms with Gasteiger partial charge in [0.25, 0.3) is 0 Å². The molecule has 0 aliphatic heterocycles. The molecule has 13 heavy (non-hydrogen) atoms. The van der Waals surface area contributed by atoms with Crippen LogP contribution in [0.5, 0.6) is 0 Å². The van der Waals surface area contributed by atoms with Gasteiger partial charge in [-0.2, -0.15) is 0 Å². The minimum Gasteiger partial charge on any atom is -0.294 e. The van der Waals surface area contributed by atoms with Crippen molar-refractivity contribution in [1.82, 2.24) is 4.98 Å². The lowest BCUT2D eigenvalue weighted by atomic mass is 10.1. The fourth-order valence-corrected chi connectivity index (χ4v) is 1.08. The minimum atomic E-state index is 0.0868. The molecule has 1 aromatic heterocycles. The Morgan fingerprint density at radius 2 is 2.23 bits per heavy atom. The van der Waals surface area contributed by atoms with Crippen molar-refractivity contribution in [3.8, 4) is 0 Å².